The topological polar surface area (TPSA) is 93.0 Å². The third-order valence-corrected chi connectivity index (χ3v) is 3.07. The molecule has 0 spiro atoms. The molecule has 114 valence electrons. The van der Waals surface area contributed by atoms with Crippen molar-refractivity contribution in [2.45, 2.75) is 13.3 Å². The first kappa shape index (κ1) is 15.4. The van der Waals surface area contributed by atoms with Crippen molar-refractivity contribution >= 4 is 23.0 Å². The van der Waals surface area contributed by atoms with E-state index in [4.69, 9.17) is 0 Å². The van der Waals surface area contributed by atoms with E-state index in [1.807, 2.05) is 31.2 Å². The Bertz CT molecular complexity index is 687. The van der Waals surface area contributed by atoms with Gasteiger partial charge in [0.25, 0.3) is 0 Å². The number of para-hydroxylation sites is 1. The molecule has 2 aromatic rings. The number of hydrogen-bond donors (Lipinski definition) is 2. The summed E-state index contributed by atoms with van der Waals surface area (Å²) in [7, 11) is 0. The number of rotatable bonds is 7. The Labute approximate surface area is 128 Å². The van der Waals surface area contributed by atoms with Crippen LogP contribution in [0.4, 0.5) is 23.0 Å². The Kier molecular flexibility index (Phi) is 5.02. The van der Waals surface area contributed by atoms with Gasteiger partial charge in [-0.3, -0.25) is 10.1 Å². The Morgan fingerprint density at radius 2 is 2.05 bits per heavy atom. The lowest BCUT2D eigenvalue weighted by Crippen LogP contribution is -2.08. The fourth-order valence-corrected chi connectivity index (χ4v) is 2.02. The Balaban J connectivity index is 2.42. The van der Waals surface area contributed by atoms with Gasteiger partial charge in [-0.25, -0.2) is 9.97 Å². The lowest BCUT2D eigenvalue weighted by atomic mass is 10.1. The van der Waals surface area contributed by atoms with E-state index in [2.05, 4.69) is 27.2 Å². The molecule has 0 aliphatic carbocycles. The van der Waals surface area contributed by atoms with Gasteiger partial charge in [0.05, 0.1) is 4.92 Å². The number of nitrogens with zero attached hydrogens (tertiary/aromatic N) is 3. The van der Waals surface area contributed by atoms with Gasteiger partial charge in [-0.05, 0) is 18.1 Å². The van der Waals surface area contributed by atoms with E-state index in [1.165, 1.54) is 6.33 Å². The number of nitrogens with one attached hydrogen (secondary N) is 2. The van der Waals surface area contributed by atoms with Gasteiger partial charge in [-0.1, -0.05) is 31.2 Å². The van der Waals surface area contributed by atoms with Gasteiger partial charge >= 0.3 is 5.69 Å². The number of aromatic nitrogens is 2. The minimum absolute atomic E-state index is 0.160. The smallest absolute Gasteiger partial charge is 0.353 e. The van der Waals surface area contributed by atoms with E-state index >= 15 is 0 Å². The van der Waals surface area contributed by atoms with E-state index in [1.54, 1.807) is 6.08 Å². The van der Waals surface area contributed by atoms with Gasteiger partial charge in [-0.2, -0.15) is 0 Å². The van der Waals surface area contributed by atoms with Gasteiger partial charge in [0, 0.05) is 12.2 Å². The van der Waals surface area contributed by atoms with Crippen molar-refractivity contribution in [3.05, 3.63) is 58.9 Å². The quantitative estimate of drug-likeness (QED) is 0.463. The van der Waals surface area contributed by atoms with Crippen LogP contribution in [0.5, 0.6) is 0 Å². The second-order valence-corrected chi connectivity index (χ2v) is 4.48. The van der Waals surface area contributed by atoms with E-state index in [0.717, 1.165) is 17.7 Å². The van der Waals surface area contributed by atoms with Crippen LogP contribution in [0.1, 0.15) is 12.5 Å². The molecule has 0 fully saturated rings. The van der Waals surface area contributed by atoms with Crippen LogP contribution in [-0.4, -0.2) is 21.4 Å². The molecule has 0 atom stereocenters. The molecule has 0 unspecified atom stereocenters. The summed E-state index contributed by atoms with van der Waals surface area (Å²) in [6, 6.07) is 7.62. The van der Waals surface area contributed by atoms with Crippen molar-refractivity contribution in [2.75, 3.05) is 17.2 Å². The molecule has 0 saturated heterocycles. The van der Waals surface area contributed by atoms with Gasteiger partial charge in [0.2, 0.25) is 11.6 Å². The Morgan fingerprint density at radius 3 is 2.73 bits per heavy atom. The first-order valence-corrected chi connectivity index (χ1v) is 6.86. The van der Waals surface area contributed by atoms with Crippen molar-refractivity contribution in [1.82, 2.24) is 9.97 Å². The second kappa shape index (κ2) is 7.16. The zero-order chi connectivity index (χ0) is 15.9. The van der Waals surface area contributed by atoms with Crippen LogP contribution in [0.2, 0.25) is 0 Å². The molecule has 0 aliphatic rings. The summed E-state index contributed by atoms with van der Waals surface area (Å²) in [4.78, 5) is 18.8. The monoisotopic (exact) mass is 299 g/mol. The fraction of sp³-hybridized carbons (Fsp3) is 0.200. The first-order chi connectivity index (χ1) is 10.7. The van der Waals surface area contributed by atoms with Crippen molar-refractivity contribution < 1.29 is 4.92 Å². The molecular formula is C15H17N5O2. The van der Waals surface area contributed by atoms with Crippen molar-refractivity contribution in [1.29, 1.82) is 0 Å². The molecule has 2 N–H and O–H groups in total. The summed E-state index contributed by atoms with van der Waals surface area (Å²) in [6.07, 6.45) is 3.70. The average molecular weight is 299 g/mol. The summed E-state index contributed by atoms with van der Waals surface area (Å²) in [6.45, 7) is 5.97. The largest absolute Gasteiger partial charge is 0.361 e. The number of anilines is 3. The minimum atomic E-state index is -0.498. The van der Waals surface area contributed by atoms with Crippen LogP contribution in [-0.2, 0) is 6.42 Å². The molecule has 0 radical (unpaired) electrons. The second-order valence-electron chi connectivity index (χ2n) is 4.48. The minimum Gasteiger partial charge on any atom is -0.361 e. The van der Waals surface area contributed by atoms with E-state index in [9.17, 15) is 10.1 Å². The van der Waals surface area contributed by atoms with E-state index in [-0.39, 0.29) is 17.3 Å². The number of nitro groups is 1. The highest BCUT2D eigenvalue weighted by Gasteiger charge is 2.23. The molecule has 0 saturated carbocycles. The normalized spacial score (nSPS) is 10.0. The third kappa shape index (κ3) is 3.38. The van der Waals surface area contributed by atoms with Crippen LogP contribution in [0.25, 0.3) is 0 Å². The van der Waals surface area contributed by atoms with Crippen LogP contribution >= 0.6 is 0 Å². The highest BCUT2D eigenvalue weighted by Crippen LogP contribution is 2.31. The number of benzene rings is 1. The predicted molar refractivity (Wildman–Crippen MR) is 86.5 cm³/mol. The highest BCUT2D eigenvalue weighted by molar-refractivity contribution is 5.74. The molecule has 0 bridgehead atoms. The van der Waals surface area contributed by atoms with Gasteiger partial charge < -0.3 is 10.6 Å². The van der Waals surface area contributed by atoms with Crippen LogP contribution in [0.3, 0.4) is 0 Å². The Morgan fingerprint density at radius 1 is 1.32 bits per heavy atom. The van der Waals surface area contributed by atoms with Crippen molar-refractivity contribution in [2.24, 2.45) is 0 Å². The molecule has 1 aromatic heterocycles. The molecule has 22 heavy (non-hydrogen) atoms. The summed E-state index contributed by atoms with van der Waals surface area (Å²) < 4.78 is 0. The van der Waals surface area contributed by atoms with Gasteiger partial charge in [0.15, 0.2) is 0 Å². The van der Waals surface area contributed by atoms with Crippen molar-refractivity contribution in [3.63, 3.8) is 0 Å². The SMILES string of the molecule is C=CCNc1ncnc(Nc2ccccc2CC)c1[N+](=O)[O-]. The average Bonchev–Trinajstić information content (AvgIpc) is 2.53. The molecule has 1 heterocycles. The molecule has 0 aliphatic heterocycles. The first-order valence-electron chi connectivity index (χ1n) is 6.86. The van der Waals surface area contributed by atoms with E-state index in [0.29, 0.717) is 6.54 Å². The van der Waals surface area contributed by atoms with E-state index < -0.39 is 4.92 Å². The van der Waals surface area contributed by atoms with Crippen molar-refractivity contribution in [3.8, 4) is 0 Å². The maximum absolute atomic E-state index is 11.4. The number of aryl methyl sites for hydroxylation is 1. The molecule has 0 amide bonds. The Hall–Kier alpha value is -2.96. The fourth-order valence-electron chi connectivity index (χ4n) is 2.02. The highest BCUT2D eigenvalue weighted by atomic mass is 16.6. The summed E-state index contributed by atoms with van der Waals surface area (Å²) in [5, 5.41) is 17.2. The van der Waals surface area contributed by atoms with Crippen LogP contribution in [0, 0.1) is 10.1 Å². The molecule has 1 aromatic carbocycles. The lowest BCUT2D eigenvalue weighted by molar-refractivity contribution is -0.383. The van der Waals surface area contributed by atoms with Crippen LogP contribution < -0.4 is 10.6 Å². The standard InChI is InChI=1S/C15H17N5O2/c1-3-9-16-14-13(20(21)22)15(18-10-17-14)19-12-8-6-5-7-11(12)4-2/h3,5-8,10H,1,4,9H2,2H3,(H2,16,17,18,19). The predicted octanol–water partition coefficient (Wildman–Crippen LogP) is 3.29. The molecule has 7 heteroatoms. The molecule has 2 rings (SSSR count). The molecular weight excluding hydrogens is 282 g/mol. The zero-order valence-corrected chi connectivity index (χ0v) is 12.2. The van der Waals surface area contributed by atoms with Gasteiger partial charge in [-0.15, -0.1) is 6.58 Å². The third-order valence-electron chi connectivity index (χ3n) is 3.07. The summed E-state index contributed by atoms with van der Waals surface area (Å²) in [5.74, 6) is 0.323. The summed E-state index contributed by atoms with van der Waals surface area (Å²) in [5.41, 5.74) is 1.66. The maximum Gasteiger partial charge on any atom is 0.353 e. The summed E-state index contributed by atoms with van der Waals surface area (Å²) >= 11 is 0. The zero-order valence-electron chi connectivity index (χ0n) is 12.2. The molecule has 7 nitrogen and oxygen atoms in total. The number of hydrogen-bond acceptors (Lipinski definition) is 6. The lowest BCUT2D eigenvalue weighted by Gasteiger charge is -2.11. The van der Waals surface area contributed by atoms with Crippen LogP contribution in [0.15, 0.2) is 43.2 Å². The van der Waals surface area contributed by atoms with Gasteiger partial charge in [0.1, 0.15) is 6.33 Å². The maximum atomic E-state index is 11.4.